The lowest BCUT2D eigenvalue weighted by atomic mass is 9.81. The van der Waals surface area contributed by atoms with Crippen LogP contribution in [0.1, 0.15) is 40.8 Å². The Morgan fingerprint density at radius 2 is 1.62 bits per heavy atom. The number of nitrogens with one attached hydrogen (secondary N) is 2. The molecule has 4 rings (SSSR count). The SMILES string of the molecule is Cc1nc(-c2c(C(F)(F)F)ccc(CNC(=O)[C@H]3C[C@H](OCc4ccccc4C(F)(F)F)C3)c2F)[nH]c(=O)c1F. The molecule has 40 heavy (non-hydrogen) atoms. The van der Waals surface area contributed by atoms with E-state index < -0.39 is 82.2 Å². The third kappa shape index (κ3) is 6.16. The smallest absolute Gasteiger partial charge is 0.373 e. The van der Waals surface area contributed by atoms with Crippen LogP contribution in [-0.4, -0.2) is 22.0 Å². The number of nitrogens with zero attached hydrogens (tertiary/aromatic N) is 1. The zero-order valence-electron chi connectivity index (χ0n) is 20.6. The quantitative estimate of drug-likeness (QED) is 0.356. The molecule has 0 spiro atoms. The van der Waals surface area contributed by atoms with Crippen LogP contribution >= 0.6 is 0 Å². The molecule has 0 aliphatic heterocycles. The number of rotatable bonds is 7. The van der Waals surface area contributed by atoms with E-state index in [9.17, 15) is 40.3 Å². The predicted molar refractivity (Wildman–Crippen MR) is 125 cm³/mol. The van der Waals surface area contributed by atoms with Crippen molar-refractivity contribution in [1.29, 1.82) is 0 Å². The van der Waals surface area contributed by atoms with E-state index in [0.29, 0.717) is 6.07 Å². The molecule has 6 nitrogen and oxygen atoms in total. The van der Waals surface area contributed by atoms with Crippen LogP contribution in [0.5, 0.6) is 0 Å². The Bertz CT molecular complexity index is 1480. The molecule has 2 aromatic carbocycles. The van der Waals surface area contributed by atoms with Crippen molar-refractivity contribution in [3.05, 3.63) is 86.3 Å². The number of aryl methyl sites for hydroxylation is 1. The molecule has 1 fully saturated rings. The summed E-state index contributed by atoms with van der Waals surface area (Å²) in [4.78, 5) is 29.6. The molecule has 0 saturated heterocycles. The summed E-state index contributed by atoms with van der Waals surface area (Å²) in [5.74, 6) is -4.72. The Hall–Kier alpha value is -3.81. The van der Waals surface area contributed by atoms with E-state index in [0.717, 1.165) is 19.1 Å². The number of aromatic nitrogens is 2. The molecule has 0 unspecified atom stereocenters. The summed E-state index contributed by atoms with van der Waals surface area (Å²) in [7, 11) is 0. The van der Waals surface area contributed by atoms with Gasteiger partial charge in [-0.1, -0.05) is 24.3 Å². The Balaban J connectivity index is 1.41. The monoisotopic (exact) mass is 575 g/mol. The van der Waals surface area contributed by atoms with Gasteiger partial charge in [0.05, 0.1) is 35.1 Å². The number of carbonyl (C=O) groups excluding carboxylic acids is 1. The Labute approximate surface area is 221 Å². The zero-order chi connectivity index (χ0) is 29.4. The van der Waals surface area contributed by atoms with E-state index in [-0.39, 0.29) is 30.6 Å². The number of halogens is 8. The van der Waals surface area contributed by atoms with Gasteiger partial charge in [-0.05, 0) is 37.5 Å². The third-order valence-corrected chi connectivity index (χ3v) is 6.51. The van der Waals surface area contributed by atoms with Crippen molar-refractivity contribution < 1.29 is 44.7 Å². The van der Waals surface area contributed by atoms with Crippen LogP contribution in [0.3, 0.4) is 0 Å². The van der Waals surface area contributed by atoms with Gasteiger partial charge in [-0.2, -0.15) is 30.7 Å². The molecule has 0 radical (unpaired) electrons. The number of aromatic amines is 1. The summed E-state index contributed by atoms with van der Waals surface area (Å²) in [6.07, 6.45) is -9.71. The number of ether oxygens (including phenoxy) is 1. The van der Waals surface area contributed by atoms with Gasteiger partial charge in [0.2, 0.25) is 11.7 Å². The minimum absolute atomic E-state index is 0.0522. The van der Waals surface area contributed by atoms with Crippen LogP contribution in [0.15, 0.2) is 41.2 Å². The van der Waals surface area contributed by atoms with Gasteiger partial charge >= 0.3 is 12.4 Å². The minimum atomic E-state index is -5.04. The molecule has 1 saturated carbocycles. The van der Waals surface area contributed by atoms with Crippen molar-refractivity contribution in [3.8, 4) is 11.4 Å². The van der Waals surface area contributed by atoms with Crippen LogP contribution in [-0.2, 0) is 35.0 Å². The first-order chi connectivity index (χ1) is 18.7. The van der Waals surface area contributed by atoms with Crippen molar-refractivity contribution in [1.82, 2.24) is 15.3 Å². The van der Waals surface area contributed by atoms with Crippen LogP contribution in [0.2, 0.25) is 0 Å². The van der Waals surface area contributed by atoms with E-state index in [2.05, 4.69) is 10.3 Å². The van der Waals surface area contributed by atoms with Crippen molar-refractivity contribution >= 4 is 5.91 Å². The summed E-state index contributed by atoms with van der Waals surface area (Å²) in [6, 6.07) is 6.31. The molecule has 3 aromatic rings. The second kappa shape index (κ2) is 11.0. The van der Waals surface area contributed by atoms with Gasteiger partial charge < -0.3 is 15.0 Å². The van der Waals surface area contributed by atoms with Gasteiger partial charge in [0.1, 0.15) is 11.6 Å². The summed E-state index contributed by atoms with van der Waals surface area (Å²) in [5, 5.41) is 2.42. The molecule has 14 heteroatoms. The number of H-pyrrole nitrogens is 1. The second-order valence-electron chi connectivity index (χ2n) is 9.25. The van der Waals surface area contributed by atoms with Crippen LogP contribution in [0, 0.1) is 24.5 Å². The van der Waals surface area contributed by atoms with Gasteiger partial charge in [0.15, 0.2) is 0 Å². The fourth-order valence-electron chi connectivity index (χ4n) is 4.29. The largest absolute Gasteiger partial charge is 0.417 e. The number of benzene rings is 2. The molecule has 2 N–H and O–H groups in total. The van der Waals surface area contributed by atoms with E-state index in [4.69, 9.17) is 4.74 Å². The van der Waals surface area contributed by atoms with E-state index >= 15 is 4.39 Å². The highest BCUT2D eigenvalue weighted by Gasteiger charge is 2.38. The normalized spacial score (nSPS) is 17.4. The van der Waals surface area contributed by atoms with Gasteiger partial charge in [-0.3, -0.25) is 9.59 Å². The van der Waals surface area contributed by atoms with Crippen molar-refractivity contribution in [3.63, 3.8) is 0 Å². The van der Waals surface area contributed by atoms with Gasteiger partial charge in [0.25, 0.3) is 5.56 Å². The summed E-state index contributed by atoms with van der Waals surface area (Å²) in [6.45, 7) is 0.211. The highest BCUT2D eigenvalue weighted by atomic mass is 19.4. The molecular formula is C26H21F8N3O3. The highest BCUT2D eigenvalue weighted by molar-refractivity contribution is 5.79. The van der Waals surface area contributed by atoms with Gasteiger partial charge in [-0.15, -0.1) is 0 Å². The lowest BCUT2D eigenvalue weighted by Crippen LogP contribution is -2.42. The molecule has 1 aromatic heterocycles. The maximum Gasteiger partial charge on any atom is 0.417 e. The third-order valence-electron chi connectivity index (χ3n) is 6.51. The lowest BCUT2D eigenvalue weighted by molar-refractivity contribution is -0.140. The van der Waals surface area contributed by atoms with Gasteiger partial charge in [-0.25, -0.2) is 9.37 Å². The average Bonchev–Trinajstić information content (AvgIpc) is 2.84. The zero-order valence-corrected chi connectivity index (χ0v) is 20.6. The summed E-state index contributed by atoms with van der Waals surface area (Å²) < 4.78 is 115. The van der Waals surface area contributed by atoms with Gasteiger partial charge in [0, 0.05) is 18.0 Å². The molecule has 0 bridgehead atoms. The average molecular weight is 575 g/mol. The fourth-order valence-corrected chi connectivity index (χ4v) is 4.29. The number of alkyl halides is 6. The van der Waals surface area contributed by atoms with Crippen molar-refractivity contribution in [2.24, 2.45) is 5.92 Å². The predicted octanol–water partition coefficient (Wildman–Crippen LogP) is 5.67. The Kier molecular flexibility index (Phi) is 8.01. The number of hydrogen-bond acceptors (Lipinski definition) is 4. The van der Waals surface area contributed by atoms with E-state index in [1.165, 1.54) is 18.2 Å². The molecular weight excluding hydrogens is 554 g/mol. The number of hydrogen-bond donors (Lipinski definition) is 2. The fraction of sp³-hybridized carbons (Fsp3) is 0.346. The molecule has 1 amide bonds. The molecule has 214 valence electrons. The summed E-state index contributed by atoms with van der Waals surface area (Å²) in [5.41, 5.74) is -5.70. The molecule has 0 atom stereocenters. The number of carbonyl (C=O) groups is 1. The highest BCUT2D eigenvalue weighted by Crippen LogP contribution is 2.39. The number of amides is 1. The first-order valence-corrected chi connectivity index (χ1v) is 11.9. The van der Waals surface area contributed by atoms with Crippen molar-refractivity contribution in [2.75, 3.05) is 0 Å². The van der Waals surface area contributed by atoms with Crippen molar-refractivity contribution in [2.45, 2.75) is 51.4 Å². The maximum atomic E-state index is 15.3. The summed E-state index contributed by atoms with van der Waals surface area (Å²) >= 11 is 0. The molecule has 1 aliphatic rings. The standard InChI is InChI=1S/C26H21F8N3O3/c1-12-20(27)24(39)37-22(36-12)19-18(26(32,33)34)7-6-13(21(19)28)10-35-23(38)15-8-16(9-15)40-11-14-4-2-3-5-17(14)25(29,30)31/h2-7,15-16H,8-11H2,1H3,(H,35,38)(H,36,37,39)/t15-,16-. The Morgan fingerprint density at radius 3 is 2.25 bits per heavy atom. The molecule has 1 heterocycles. The first-order valence-electron chi connectivity index (χ1n) is 11.9. The Morgan fingerprint density at radius 1 is 0.975 bits per heavy atom. The van der Waals surface area contributed by atoms with E-state index in [1.54, 1.807) is 0 Å². The lowest BCUT2D eigenvalue weighted by Gasteiger charge is -2.34. The van der Waals surface area contributed by atoms with Crippen LogP contribution in [0.4, 0.5) is 35.1 Å². The second-order valence-corrected chi connectivity index (χ2v) is 9.25. The first kappa shape index (κ1) is 29.2. The van der Waals surface area contributed by atoms with E-state index in [1.807, 2.05) is 4.98 Å². The van der Waals surface area contributed by atoms with Crippen LogP contribution in [0.25, 0.3) is 11.4 Å². The maximum absolute atomic E-state index is 15.3. The molecule has 1 aliphatic carbocycles. The minimum Gasteiger partial charge on any atom is -0.373 e. The topological polar surface area (TPSA) is 84.1 Å². The van der Waals surface area contributed by atoms with Crippen LogP contribution < -0.4 is 10.9 Å².